The highest BCUT2D eigenvalue weighted by Gasteiger charge is 2.21. The molecule has 5 nitrogen and oxygen atoms in total. The third kappa shape index (κ3) is 3.87. The van der Waals surface area contributed by atoms with E-state index in [1.807, 2.05) is 49.4 Å². The fourth-order valence-electron chi connectivity index (χ4n) is 3.59. The van der Waals surface area contributed by atoms with E-state index in [1.54, 1.807) is 10.8 Å². The average Bonchev–Trinajstić information content (AvgIpc) is 3.10. The molecule has 1 aromatic heterocycles. The average molecular weight is 371 g/mol. The molecule has 0 unspecified atom stereocenters. The Morgan fingerprint density at radius 1 is 1.11 bits per heavy atom. The Morgan fingerprint density at radius 3 is 2.68 bits per heavy atom. The van der Waals surface area contributed by atoms with Gasteiger partial charge >= 0.3 is 0 Å². The smallest absolute Gasteiger partial charge is 0.295 e. The lowest BCUT2D eigenvalue weighted by atomic mass is 9.93. The topological polar surface area (TPSA) is 47.4 Å². The van der Waals surface area contributed by atoms with E-state index in [1.165, 1.54) is 11.1 Å². The maximum atomic E-state index is 12.8. The molecule has 1 aliphatic rings. The van der Waals surface area contributed by atoms with E-state index in [2.05, 4.69) is 16.0 Å². The van der Waals surface area contributed by atoms with Gasteiger partial charge in [0.15, 0.2) is 0 Å². The number of hydrogen-bond donors (Lipinski definition) is 0. The molecule has 0 spiro atoms. The molecule has 6 heteroatoms. The fourth-order valence-corrected chi connectivity index (χ4v) is 3.59. The van der Waals surface area contributed by atoms with Crippen LogP contribution in [0.2, 0.25) is 0 Å². The summed E-state index contributed by atoms with van der Waals surface area (Å²) < 4.78 is 7.42. The Hall–Kier alpha value is -2.86. The second-order valence-corrected chi connectivity index (χ2v) is 7.04. The van der Waals surface area contributed by atoms with Gasteiger partial charge in [0.25, 0.3) is 5.56 Å². The van der Waals surface area contributed by atoms with E-state index < -0.39 is 0 Å². The second kappa shape index (κ2) is 8.03. The van der Waals surface area contributed by atoms with Crippen LogP contribution in [0.1, 0.15) is 29.4 Å². The molecule has 2 heterocycles. The third-order valence-electron chi connectivity index (χ3n) is 5.03. The zero-order valence-corrected chi connectivity index (χ0v) is 16.0. The van der Waals surface area contributed by atoms with Crippen LogP contribution in [0.3, 0.4) is 0 Å². The van der Waals surface area contributed by atoms with Crippen molar-refractivity contribution in [3.05, 3.63) is 87.6 Å². The van der Waals surface area contributed by atoms with Crippen molar-refractivity contribution in [3.8, 4) is 5.75 Å². The highest BCUT2D eigenvalue weighted by molar-refractivity contribution is 6.32. The van der Waals surface area contributed by atoms with Crippen molar-refractivity contribution < 1.29 is 4.74 Å². The molecule has 4 rings (SSSR count). The standard InChI is InChI=1S/C22H22BN3O2/c1-2-26-21(14-25-12-17-8-9-19(23)10-18(17)13-25)24-11-20(22(26)27)28-15-16-6-4-3-5-7-16/h3-11H,2,12-15H2,1H3. The molecule has 2 radical (unpaired) electrons. The first-order valence-corrected chi connectivity index (χ1v) is 9.49. The van der Waals surface area contributed by atoms with Gasteiger partial charge in [-0.15, -0.1) is 0 Å². The van der Waals surface area contributed by atoms with Crippen molar-refractivity contribution in [2.24, 2.45) is 0 Å². The lowest BCUT2D eigenvalue weighted by Crippen LogP contribution is -2.29. The summed E-state index contributed by atoms with van der Waals surface area (Å²) >= 11 is 0. The Kier molecular flexibility index (Phi) is 5.30. The zero-order chi connectivity index (χ0) is 19.5. The SMILES string of the molecule is [B]c1ccc2c(c1)CN(Cc1ncc(OCc3ccccc3)c(=O)n1CC)C2. The number of hydrogen-bond acceptors (Lipinski definition) is 4. The summed E-state index contributed by atoms with van der Waals surface area (Å²) in [6.07, 6.45) is 1.55. The molecule has 0 N–H and O–H groups in total. The van der Waals surface area contributed by atoms with Crippen LogP contribution in [-0.2, 0) is 32.8 Å². The number of benzene rings is 2. The molecule has 140 valence electrons. The highest BCUT2D eigenvalue weighted by atomic mass is 16.5. The number of ether oxygens (including phenoxy) is 1. The van der Waals surface area contributed by atoms with E-state index >= 15 is 0 Å². The van der Waals surface area contributed by atoms with Gasteiger partial charge in [0.1, 0.15) is 20.3 Å². The molecule has 0 bridgehead atoms. The molecular formula is C22H22BN3O2. The molecule has 1 aliphatic heterocycles. The molecule has 0 saturated carbocycles. The van der Waals surface area contributed by atoms with Gasteiger partial charge in [-0.3, -0.25) is 14.3 Å². The zero-order valence-electron chi connectivity index (χ0n) is 16.0. The Bertz CT molecular complexity index is 1030. The van der Waals surface area contributed by atoms with Crippen molar-refractivity contribution in [3.63, 3.8) is 0 Å². The maximum absolute atomic E-state index is 12.8. The summed E-state index contributed by atoms with van der Waals surface area (Å²) in [7, 11) is 5.89. The predicted octanol–water partition coefficient (Wildman–Crippen LogP) is 2.15. The summed E-state index contributed by atoms with van der Waals surface area (Å²) in [5.74, 6) is 1.03. The van der Waals surface area contributed by atoms with Gasteiger partial charge in [-0.25, -0.2) is 4.98 Å². The van der Waals surface area contributed by atoms with Gasteiger partial charge in [-0.1, -0.05) is 54.0 Å². The maximum Gasteiger partial charge on any atom is 0.295 e. The number of rotatable bonds is 6. The first-order valence-electron chi connectivity index (χ1n) is 9.49. The van der Waals surface area contributed by atoms with Gasteiger partial charge in [-0.2, -0.15) is 0 Å². The molecule has 0 fully saturated rings. The minimum atomic E-state index is -0.135. The Morgan fingerprint density at radius 2 is 1.89 bits per heavy atom. The second-order valence-electron chi connectivity index (χ2n) is 7.04. The van der Waals surface area contributed by atoms with E-state index in [0.29, 0.717) is 19.7 Å². The van der Waals surface area contributed by atoms with Crippen LogP contribution >= 0.6 is 0 Å². The quantitative estimate of drug-likeness (QED) is 0.623. The lowest BCUT2D eigenvalue weighted by Gasteiger charge is -2.18. The van der Waals surface area contributed by atoms with Gasteiger partial charge in [0.2, 0.25) is 5.75 Å². The largest absolute Gasteiger partial charge is 0.482 e. The lowest BCUT2D eigenvalue weighted by molar-refractivity contribution is 0.258. The molecule has 28 heavy (non-hydrogen) atoms. The minimum absolute atomic E-state index is 0.135. The summed E-state index contributed by atoms with van der Waals surface area (Å²) in [4.78, 5) is 19.6. The number of aromatic nitrogens is 2. The fraction of sp³-hybridized carbons (Fsp3) is 0.273. The normalized spacial score (nSPS) is 13.5. The van der Waals surface area contributed by atoms with Crippen molar-refractivity contribution in [2.45, 2.75) is 39.7 Å². The Balaban J connectivity index is 1.49. The van der Waals surface area contributed by atoms with Gasteiger partial charge in [0.05, 0.1) is 12.7 Å². The van der Waals surface area contributed by atoms with Crippen LogP contribution in [0.5, 0.6) is 5.75 Å². The van der Waals surface area contributed by atoms with Gasteiger partial charge in [-0.05, 0) is 23.6 Å². The van der Waals surface area contributed by atoms with E-state index in [0.717, 1.165) is 29.9 Å². The monoisotopic (exact) mass is 371 g/mol. The van der Waals surface area contributed by atoms with Crippen LogP contribution < -0.4 is 15.8 Å². The van der Waals surface area contributed by atoms with Crippen LogP contribution in [0.25, 0.3) is 0 Å². The summed E-state index contributed by atoms with van der Waals surface area (Å²) in [6.45, 7) is 5.11. The number of fused-ring (bicyclic) bond motifs is 1. The van der Waals surface area contributed by atoms with E-state index in [-0.39, 0.29) is 11.3 Å². The highest BCUT2D eigenvalue weighted by Crippen LogP contribution is 2.23. The predicted molar refractivity (Wildman–Crippen MR) is 110 cm³/mol. The van der Waals surface area contributed by atoms with Crippen molar-refractivity contribution in [1.29, 1.82) is 0 Å². The molecule has 0 atom stereocenters. The molecule has 2 aromatic carbocycles. The summed E-state index contributed by atoms with van der Waals surface area (Å²) in [6, 6.07) is 15.8. The van der Waals surface area contributed by atoms with Crippen LogP contribution in [0.4, 0.5) is 0 Å². The van der Waals surface area contributed by atoms with Crippen LogP contribution in [-0.4, -0.2) is 22.3 Å². The Labute approximate surface area is 166 Å². The van der Waals surface area contributed by atoms with Crippen molar-refractivity contribution in [1.82, 2.24) is 14.5 Å². The van der Waals surface area contributed by atoms with E-state index in [9.17, 15) is 4.79 Å². The summed E-state index contributed by atoms with van der Waals surface area (Å²) in [5, 5.41) is 0. The van der Waals surface area contributed by atoms with Gasteiger partial charge < -0.3 is 4.74 Å². The van der Waals surface area contributed by atoms with Crippen LogP contribution in [0.15, 0.2) is 59.5 Å². The molecule has 0 aliphatic carbocycles. The molecular weight excluding hydrogens is 349 g/mol. The van der Waals surface area contributed by atoms with Crippen LogP contribution in [0, 0.1) is 0 Å². The molecule has 0 amide bonds. The summed E-state index contributed by atoms with van der Waals surface area (Å²) in [5.41, 5.74) is 4.19. The minimum Gasteiger partial charge on any atom is -0.482 e. The molecule has 3 aromatic rings. The van der Waals surface area contributed by atoms with Gasteiger partial charge in [0, 0.05) is 19.6 Å². The molecule has 0 saturated heterocycles. The first-order chi connectivity index (χ1) is 13.6. The number of nitrogens with zero attached hydrogens (tertiary/aromatic N) is 3. The van der Waals surface area contributed by atoms with Crippen molar-refractivity contribution in [2.75, 3.05) is 0 Å². The van der Waals surface area contributed by atoms with E-state index in [4.69, 9.17) is 12.6 Å². The first kappa shape index (κ1) is 18.5. The third-order valence-corrected chi connectivity index (χ3v) is 5.03. The van der Waals surface area contributed by atoms with Crippen molar-refractivity contribution >= 4 is 13.3 Å².